The van der Waals surface area contributed by atoms with Crippen LogP contribution >= 0.6 is 0 Å². The molecule has 1 aliphatic carbocycles. The summed E-state index contributed by atoms with van der Waals surface area (Å²) in [5.74, 6) is -3.92. The number of hydrogen-bond donors (Lipinski definition) is 1. The van der Waals surface area contributed by atoms with Crippen molar-refractivity contribution in [3.63, 3.8) is 0 Å². The minimum atomic E-state index is -3.32. The highest BCUT2D eigenvalue weighted by Gasteiger charge is 2.47. The molecule has 8 bridgehead atoms. The van der Waals surface area contributed by atoms with E-state index in [0.29, 0.717) is 43.2 Å². The second-order valence-electron chi connectivity index (χ2n) is 12.3. The van der Waals surface area contributed by atoms with Crippen LogP contribution < -0.4 is 16.4 Å². The Bertz CT molecular complexity index is 1700. The number of nitriles is 1. The number of benzene rings is 1. The van der Waals surface area contributed by atoms with Crippen LogP contribution in [0.5, 0.6) is 0 Å². The average molecular weight is 581 g/mol. The molecule has 2 aromatic heterocycles. The van der Waals surface area contributed by atoms with Gasteiger partial charge in [0.1, 0.15) is 11.3 Å². The van der Waals surface area contributed by atoms with Crippen molar-refractivity contribution in [2.45, 2.75) is 75.8 Å². The fourth-order valence-electron chi connectivity index (χ4n) is 6.50. The lowest BCUT2D eigenvalue weighted by Crippen LogP contribution is -2.47. The van der Waals surface area contributed by atoms with E-state index >= 15 is 13.2 Å². The normalized spacial score (nSPS) is 25.2. The number of anilines is 1. The first-order chi connectivity index (χ1) is 20.0. The lowest BCUT2D eigenvalue weighted by Gasteiger charge is -2.40. The van der Waals surface area contributed by atoms with Gasteiger partial charge in [-0.3, -0.25) is 9.59 Å². The first kappa shape index (κ1) is 28.5. The van der Waals surface area contributed by atoms with Crippen LogP contribution in [-0.4, -0.2) is 38.9 Å². The van der Waals surface area contributed by atoms with Gasteiger partial charge in [-0.1, -0.05) is 24.6 Å². The monoisotopic (exact) mass is 580 g/mol. The summed E-state index contributed by atoms with van der Waals surface area (Å²) in [6, 6.07) is 7.10. The summed E-state index contributed by atoms with van der Waals surface area (Å²) in [6.45, 7) is 4.27. The van der Waals surface area contributed by atoms with E-state index in [-0.39, 0.29) is 28.4 Å². The average Bonchev–Trinajstić information content (AvgIpc) is 3.73. The largest absolute Gasteiger partial charge is 0.361 e. The van der Waals surface area contributed by atoms with E-state index in [1.165, 1.54) is 23.7 Å². The Labute approximate surface area is 241 Å². The molecule has 5 heterocycles. The molecule has 8 nitrogen and oxygen atoms in total. The maximum Gasteiger partial charge on any atom is 0.291 e. The zero-order valence-electron chi connectivity index (χ0n) is 23.9. The van der Waals surface area contributed by atoms with Gasteiger partial charge in [0.05, 0.1) is 23.1 Å². The van der Waals surface area contributed by atoms with Crippen molar-refractivity contribution in [1.29, 1.82) is 5.26 Å². The van der Waals surface area contributed by atoms with Crippen LogP contribution in [0.2, 0.25) is 0 Å². The summed E-state index contributed by atoms with van der Waals surface area (Å²) in [5.41, 5.74) is -1.82. The van der Waals surface area contributed by atoms with Gasteiger partial charge in [0.15, 0.2) is 5.82 Å². The maximum absolute atomic E-state index is 15.7. The van der Waals surface area contributed by atoms with Gasteiger partial charge in [-0.25, -0.2) is 17.9 Å². The van der Waals surface area contributed by atoms with Crippen molar-refractivity contribution in [2.24, 2.45) is 13.0 Å². The zero-order chi connectivity index (χ0) is 29.8. The third-order valence-electron chi connectivity index (χ3n) is 9.27. The molecule has 1 atom stereocenters. The predicted molar refractivity (Wildman–Crippen MR) is 153 cm³/mol. The minimum Gasteiger partial charge on any atom is -0.361 e. The van der Waals surface area contributed by atoms with Crippen LogP contribution in [0.15, 0.2) is 33.9 Å². The van der Waals surface area contributed by atoms with Gasteiger partial charge in [0.25, 0.3) is 17.0 Å². The number of rotatable bonds is 1. The smallest absolute Gasteiger partial charge is 0.291 e. The molecule has 0 unspecified atom stereocenters. The first-order valence-electron chi connectivity index (χ1n) is 14.8. The number of alkyl halides is 2. The number of hydrogen-bond acceptors (Lipinski definition) is 6. The second kappa shape index (κ2) is 10.6. The van der Waals surface area contributed by atoms with Gasteiger partial charge >= 0.3 is 0 Å². The van der Waals surface area contributed by atoms with Crippen LogP contribution in [0.1, 0.15) is 74.6 Å². The summed E-state index contributed by atoms with van der Waals surface area (Å²) in [6.07, 6.45) is 3.35. The molecular weight excluding hydrogens is 545 g/mol. The lowest BCUT2D eigenvalue weighted by molar-refractivity contribution is -0.0320. The Kier molecular flexibility index (Phi) is 7.16. The Morgan fingerprint density at radius 2 is 1.79 bits per heavy atom. The molecule has 3 aromatic rings. The molecule has 1 N–H and O–H groups in total. The van der Waals surface area contributed by atoms with Crippen molar-refractivity contribution in [3.05, 3.63) is 67.5 Å². The highest BCUT2D eigenvalue weighted by Crippen LogP contribution is 2.47. The van der Waals surface area contributed by atoms with E-state index in [1.54, 1.807) is 13.0 Å². The van der Waals surface area contributed by atoms with E-state index in [1.807, 2.05) is 0 Å². The number of aryl methyl sites for hydroxylation is 2. The molecule has 222 valence electrons. The lowest BCUT2D eigenvalue weighted by atomic mass is 9.90. The van der Waals surface area contributed by atoms with Gasteiger partial charge < -0.3 is 14.8 Å². The van der Waals surface area contributed by atoms with E-state index in [0.717, 1.165) is 43.2 Å². The third kappa shape index (κ3) is 4.89. The minimum absolute atomic E-state index is 0.0458. The van der Waals surface area contributed by atoms with Crippen molar-refractivity contribution >= 4 is 16.7 Å². The number of pyridine rings is 1. The molecule has 11 heteroatoms. The summed E-state index contributed by atoms with van der Waals surface area (Å²) >= 11 is 0. The molecule has 0 spiro atoms. The second-order valence-corrected chi connectivity index (χ2v) is 12.3. The Morgan fingerprint density at radius 1 is 1.05 bits per heavy atom. The number of nitrogens with zero attached hydrogens (tertiary/aromatic N) is 5. The summed E-state index contributed by atoms with van der Waals surface area (Å²) in [5, 5.41) is 17.8. The molecule has 0 amide bonds. The highest BCUT2D eigenvalue weighted by molar-refractivity contribution is 5.89. The molecule has 1 aromatic carbocycles. The van der Waals surface area contributed by atoms with Crippen LogP contribution in [0, 0.1) is 23.1 Å². The molecule has 4 aliphatic rings. The Morgan fingerprint density at radius 3 is 2.50 bits per heavy atom. The molecule has 3 aliphatic heterocycles. The quantitative estimate of drug-likeness (QED) is 0.438. The maximum atomic E-state index is 15.7. The standard InChI is InChI=1S/C31H35F3N6O2/c1-19-21-7-6-8-23(25(21)32)31(33,34)10-9-20-16-39(17-20)13-4-3-5-14-40-26-22(27(36-19)37-38(2)29(26)42)15-24(28(40)41)30(18-35)11-12-30/h6-8,15,19-20H,3-5,9-14,16-17H2,1-2H3,(H,36,37)/t19-/m1/s1. The fraction of sp³-hybridized carbons (Fsp3) is 0.548. The molecule has 0 radical (unpaired) electrons. The van der Waals surface area contributed by atoms with Crippen LogP contribution in [0.25, 0.3) is 10.9 Å². The Balaban J connectivity index is 1.50. The zero-order valence-corrected chi connectivity index (χ0v) is 23.9. The van der Waals surface area contributed by atoms with Crippen LogP contribution in [-0.2, 0) is 24.9 Å². The molecule has 2 fully saturated rings. The van der Waals surface area contributed by atoms with Gasteiger partial charge in [-0.2, -0.15) is 10.4 Å². The van der Waals surface area contributed by atoms with Gasteiger partial charge in [-0.15, -0.1) is 0 Å². The molecular formula is C31H35F3N6O2. The fourth-order valence-corrected chi connectivity index (χ4v) is 6.50. The summed E-state index contributed by atoms with van der Waals surface area (Å²) in [7, 11) is 1.47. The van der Waals surface area contributed by atoms with Crippen LogP contribution in [0.3, 0.4) is 0 Å². The highest BCUT2D eigenvalue weighted by atomic mass is 19.3. The summed E-state index contributed by atoms with van der Waals surface area (Å²) in [4.78, 5) is 29.4. The molecule has 1 saturated carbocycles. The number of fused-ring (bicyclic) bond motifs is 7. The van der Waals surface area contributed by atoms with E-state index in [2.05, 4.69) is 21.4 Å². The van der Waals surface area contributed by atoms with E-state index < -0.39 is 40.7 Å². The number of nitrogens with one attached hydrogen (secondary N) is 1. The topological polar surface area (TPSA) is 96.0 Å². The molecule has 1 saturated heterocycles. The van der Waals surface area contributed by atoms with E-state index in [4.69, 9.17) is 0 Å². The number of halogens is 3. The number of aromatic nitrogens is 3. The van der Waals surface area contributed by atoms with Gasteiger partial charge in [-0.05, 0) is 57.6 Å². The Hall–Kier alpha value is -3.65. The van der Waals surface area contributed by atoms with E-state index in [9.17, 15) is 14.9 Å². The van der Waals surface area contributed by atoms with Crippen LogP contribution in [0.4, 0.5) is 19.0 Å². The molecule has 7 rings (SSSR count). The van der Waals surface area contributed by atoms with Gasteiger partial charge in [0, 0.05) is 49.6 Å². The van der Waals surface area contributed by atoms with Crippen molar-refractivity contribution in [2.75, 3.05) is 25.0 Å². The third-order valence-corrected chi connectivity index (χ3v) is 9.27. The SMILES string of the molecule is C[C@H]1Nc2nn(C)c(=O)c3c2cc(C2(C#N)CC2)c(=O)n3CCCCCN2CC(CCC(F)(F)c3cccc1c3F)C2. The van der Waals surface area contributed by atoms with Gasteiger partial charge in [0.2, 0.25) is 0 Å². The summed E-state index contributed by atoms with van der Waals surface area (Å²) < 4.78 is 49.0. The van der Waals surface area contributed by atoms with Crippen molar-refractivity contribution in [3.8, 4) is 6.07 Å². The molecule has 42 heavy (non-hydrogen) atoms. The first-order valence-corrected chi connectivity index (χ1v) is 14.8. The van der Waals surface area contributed by atoms with Crippen molar-refractivity contribution < 1.29 is 13.2 Å². The predicted octanol–water partition coefficient (Wildman–Crippen LogP) is 4.95. The van der Waals surface area contributed by atoms with Crippen molar-refractivity contribution in [1.82, 2.24) is 19.2 Å².